The number of benzene rings is 4. The second-order valence-corrected chi connectivity index (χ2v) is 10.1. The predicted octanol–water partition coefficient (Wildman–Crippen LogP) is 11.3. The van der Waals surface area contributed by atoms with Crippen molar-refractivity contribution in [3.63, 3.8) is 0 Å². The van der Waals surface area contributed by atoms with Crippen LogP contribution >= 0.6 is 0 Å². The minimum absolute atomic E-state index is 0.0505. The van der Waals surface area contributed by atoms with Crippen molar-refractivity contribution in [1.82, 2.24) is 0 Å². The molecular weight excluding hydrogens is 621 g/mol. The summed E-state index contributed by atoms with van der Waals surface area (Å²) in [7, 11) is 0. The molecule has 4 aromatic rings. The molecule has 45 heavy (non-hydrogen) atoms. The van der Waals surface area contributed by atoms with E-state index < -0.39 is 81.3 Å². The molecule has 0 spiro atoms. The quantitative estimate of drug-likeness (QED) is 0.123. The van der Waals surface area contributed by atoms with Crippen LogP contribution < -0.4 is 4.74 Å². The van der Waals surface area contributed by atoms with Crippen LogP contribution in [0.3, 0.4) is 0 Å². The van der Waals surface area contributed by atoms with Gasteiger partial charge in [-0.15, -0.1) is 0 Å². The third-order valence-corrected chi connectivity index (χ3v) is 6.76. The summed E-state index contributed by atoms with van der Waals surface area (Å²) in [5.74, 6) is -11.2. The number of ether oxygens (including phenoxy) is 1. The Morgan fingerprint density at radius 1 is 0.622 bits per heavy atom. The SMILES string of the molecule is CCCCCc1ccc(-c2cc(F)c(C(F)(F)Oc3cc(F)c(-c4cc(F)c(C=CC(F)(F)F)c(F)c4)c(F)c3)c(F)c2)cc1. The lowest BCUT2D eigenvalue weighted by Gasteiger charge is -2.20. The highest BCUT2D eigenvalue weighted by atomic mass is 19.4. The molecule has 0 unspecified atom stereocenters. The van der Waals surface area contributed by atoms with Crippen molar-refractivity contribution in [2.75, 3.05) is 0 Å². The first kappa shape index (κ1) is 33.5. The second-order valence-electron chi connectivity index (χ2n) is 10.1. The van der Waals surface area contributed by atoms with Gasteiger partial charge in [0.2, 0.25) is 0 Å². The van der Waals surface area contributed by atoms with Crippen LogP contribution in [0.4, 0.5) is 48.3 Å². The number of allylic oxidation sites excluding steroid dienone is 1. The number of alkyl halides is 5. The molecule has 0 atom stereocenters. The van der Waals surface area contributed by atoms with Gasteiger partial charge in [0, 0.05) is 23.8 Å². The summed E-state index contributed by atoms with van der Waals surface area (Å²) in [5, 5.41) is 0. The predicted molar refractivity (Wildman–Crippen MR) is 146 cm³/mol. The van der Waals surface area contributed by atoms with E-state index in [-0.39, 0.29) is 23.8 Å². The summed E-state index contributed by atoms with van der Waals surface area (Å²) in [5.41, 5.74) is -3.65. The van der Waals surface area contributed by atoms with Crippen LogP contribution in [0.25, 0.3) is 28.3 Å². The Morgan fingerprint density at radius 3 is 1.67 bits per heavy atom. The number of hydrogen-bond donors (Lipinski definition) is 0. The summed E-state index contributed by atoms with van der Waals surface area (Å²) in [6, 6.07) is 9.03. The first-order valence-corrected chi connectivity index (χ1v) is 13.5. The number of rotatable bonds is 10. The average molecular weight is 645 g/mol. The largest absolute Gasteiger partial charge is 0.432 e. The van der Waals surface area contributed by atoms with Crippen LogP contribution in [-0.2, 0) is 12.5 Å². The van der Waals surface area contributed by atoms with E-state index in [2.05, 4.69) is 11.7 Å². The molecule has 4 rings (SSSR count). The van der Waals surface area contributed by atoms with Crippen molar-refractivity contribution < 1.29 is 53.0 Å². The molecule has 0 saturated heterocycles. The number of halogens is 11. The Morgan fingerprint density at radius 2 is 1.16 bits per heavy atom. The zero-order valence-corrected chi connectivity index (χ0v) is 23.3. The summed E-state index contributed by atoms with van der Waals surface area (Å²) in [4.78, 5) is 0. The zero-order valence-electron chi connectivity index (χ0n) is 23.3. The fraction of sp³-hybridized carbons (Fsp3) is 0.212. The van der Waals surface area contributed by atoms with Gasteiger partial charge in [0.05, 0.1) is 5.56 Å². The first-order chi connectivity index (χ1) is 21.1. The molecule has 12 heteroatoms. The van der Waals surface area contributed by atoms with Gasteiger partial charge >= 0.3 is 12.3 Å². The van der Waals surface area contributed by atoms with Crippen LogP contribution in [0.1, 0.15) is 42.9 Å². The molecule has 0 fully saturated rings. The van der Waals surface area contributed by atoms with Crippen molar-refractivity contribution >= 4 is 6.08 Å². The Kier molecular flexibility index (Phi) is 9.94. The molecule has 0 saturated carbocycles. The third-order valence-electron chi connectivity index (χ3n) is 6.76. The Balaban J connectivity index is 1.59. The first-order valence-electron chi connectivity index (χ1n) is 13.5. The fourth-order valence-electron chi connectivity index (χ4n) is 4.61. The van der Waals surface area contributed by atoms with E-state index in [1.165, 1.54) is 0 Å². The lowest BCUT2D eigenvalue weighted by molar-refractivity contribution is -0.189. The lowest BCUT2D eigenvalue weighted by Crippen LogP contribution is -2.25. The molecule has 238 valence electrons. The minimum atomic E-state index is -4.90. The van der Waals surface area contributed by atoms with Gasteiger partial charge in [-0.1, -0.05) is 44.0 Å². The van der Waals surface area contributed by atoms with Crippen molar-refractivity contribution in [2.24, 2.45) is 0 Å². The molecule has 0 aliphatic carbocycles. The molecule has 0 bridgehead atoms. The number of unbranched alkanes of at least 4 members (excludes halogenated alkanes) is 2. The molecular formula is C33H23F11O. The Bertz CT molecular complexity index is 1640. The Hall–Kier alpha value is -4.35. The second kappa shape index (κ2) is 13.3. The zero-order chi connectivity index (χ0) is 33.1. The van der Waals surface area contributed by atoms with E-state index in [1.54, 1.807) is 24.3 Å². The van der Waals surface area contributed by atoms with Crippen molar-refractivity contribution in [1.29, 1.82) is 0 Å². The van der Waals surface area contributed by atoms with Gasteiger partial charge in [-0.25, -0.2) is 26.3 Å². The van der Waals surface area contributed by atoms with E-state index in [1.807, 2.05) is 0 Å². The molecule has 0 aliphatic heterocycles. The molecule has 0 amide bonds. The monoisotopic (exact) mass is 644 g/mol. The van der Waals surface area contributed by atoms with Gasteiger partial charge in [-0.3, -0.25) is 0 Å². The summed E-state index contributed by atoms with van der Waals surface area (Å²) in [6.45, 7) is 2.06. The number of aryl methyl sites for hydroxylation is 1. The standard InChI is InChI=1S/C33H23F11O/c1-2-3-4-5-18-6-8-19(9-7-18)20-12-28(38)31(29(39)13-20)33(43,44)45-22-16-26(36)30(27(37)17-22)21-14-24(34)23(25(35)15-21)10-11-32(40,41)42/h6-17H,2-5H2,1H3. The molecule has 0 aromatic heterocycles. The Labute approximate surface area is 250 Å². The highest BCUT2D eigenvalue weighted by Crippen LogP contribution is 2.39. The molecule has 1 nitrogen and oxygen atoms in total. The van der Waals surface area contributed by atoms with Gasteiger partial charge in [0.1, 0.15) is 46.2 Å². The van der Waals surface area contributed by atoms with Crippen LogP contribution in [0.2, 0.25) is 0 Å². The molecule has 0 N–H and O–H groups in total. The van der Waals surface area contributed by atoms with E-state index >= 15 is 0 Å². The smallest absolute Gasteiger partial charge is 0.429 e. The van der Waals surface area contributed by atoms with Crippen LogP contribution in [-0.4, -0.2) is 6.18 Å². The highest BCUT2D eigenvalue weighted by molar-refractivity contribution is 5.69. The summed E-state index contributed by atoms with van der Waals surface area (Å²) < 4.78 is 159. The van der Waals surface area contributed by atoms with E-state index in [0.29, 0.717) is 29.8 Å². The average Bonchev–Trinajstić information content (AvgIpc) is 2.91. The summed E-state index contributed by atoms with van der Waals surface area (Å²) >= 11 is 0. The van der Waals surface area contributed by atoms with Gasteiger partial charge in [0.25, 0.3) is 0 Å². The third kappa shape index (κ3) is 8.03. The van der Waals surface area contributed by atoms with E-state index in [0.717, 1.165) is 31.2 Å². The van der Waals surface area contributed by atoms with Gasteiger partial charge in [-0.05, 0) is 65.4 Å². The van der Waals surface area contributed by atoms with Gasteiger partial charge in [-0.2, -0.15) is 22.0 Å². The lowest BCUT2D eigenvalue weighted by atomic mass is 9.99. The molecule has 4 aromatic carbocycles. The molecule has 0 aliphatic rings. The highest BCUT2D eigenvalue weighted by Gasteiger charge is 2.41. The van der Waals surface area contributed by atoms with Gasteiger partial charge < -0.3 is 4.74 Å². The van der Waals surface area contributed by atoms with Crippen molar-refractivity contribution in [2.45, 2.75) is 44.9 Å². The fourth-order valence-corrected chi connectivity index (χ4v) is 4.61. The van der Waals surface area contributed by atoms with E-state index in [9.17, 15) is 48.3 Å². The maximum atomic E-state index is 15.0. The van der Waals surface area contributed by atoms with Crippen molar-refractivity contribution in [3.05, 3.63) is 118 Å². The van der Waals surface area contributed by atoms with Crippen LogP contribution in [0, 0.1) is 34.9 Å². The minimum Gasteiger partial charge on any atom is -0.429 e. The van der Waals surface area contributed by atoms with Gasteiger partial charge in [0.15, 0.2) is 0 Å². The van der Waals surface area contributed by atoms with Crippen LogP contribution in [0.15, 0.2) is 66.7 Å². The maximum Gasteiger partial charge on any atom is 0.432 e. The normalized spacial score (nSPS) is 12.3. The number of hydrogen-bond acceptors (Lipinski definition) is 1. The summed E-state index contributed by atoms with van der Waals surface area (Å²) in [6.07, 6.45) is -6.24. The molecule has 0 heterocycles. The molecule has 0 radical (unpaired) electrons. The van der Waals surface area contributed by atoms with Crippen molar-refractivity contribution in [3.8, 4) is 28.0 Å². The van der Waals surface area contributed by atoms with Crippen LogP contribution in [0.5, 0.6) is 5.75 Å². The topological polar surface area (TPSA) is 9.23 Å². The maximum absolute atomic E-state index is 15.0. The van der Waals surface area contributed by atoms with E-state index in [4.69, 9.17) is 0 Å².